The molecule has 1 rings (SSSR count). The third kappa shape index (κ3) is 4.22. The Kier molecular flexibility index (Phi) is 5.60. The van der Waals surface area contributed by atoms with Crippen LogP contribution in [0.2, 0.25) is 0 Å². The third-order valence-electron chi connectivity index (χ3n) is 2.52. The zero-order valence-corrected chi connectivity index (χ0v) is 12.8. The fourth-order valence-electron chi connectivity index (χ4n) is 1.39. The van der Waals surface area contributed by atoms with E-state index in [0.29, 0.717) is 6.07 Å². The van der Waals surface area contributed by atoms with Crippen LogP contribution in [0.25, 0.3) is 0 Å². The van der Waals surface area contributed by atoms with Crippen LogP contribution in [0, 0.1) is 17.6 Å². The number of halogens is 3. The van der Waals surface area contributed by atoms with Gasteiger partial charge in [0.05, 0.1) is 5.92 Å². The van der Waals surface area contributed by atoms with Gasteiger partial charge < -0.3 is 5.11 Å². The van der Waals surface area contributed by atoms with E-state index in [-0.39, 0.29) is 17.4 Å². The van der Waals surface area contributed by atoms with E-state index in [1.54, 1.807) is 0 Å². The van der Waals surface area contributed by atoms with Gasteiger partial charge in [-0.1, -0.05) is 6.92 Å². The molecule has 0 radical (unpaired) electrons. The zero-order chi connectivity index (χ0) is 15.5. The molecule has 0 spiro atoms. The van der Waals surface area contributed by atoms with Crippen molar-refractivity contribution in [2.24, 2.45) is 5.92 Å². The van der Waals surface area contributed by atoms with Crippen LogP contribution in [0.4, 0.5) is 8.78 Å². The molecule has 0 fully saturated rings. The Hall–Kier alpha value is -1.06. The fraction of sp³-hybridized carbons (Fsp3) is 0.364. The van der Waals surface area contributed by atoms with Crippen LogP contribution in [0.15, 0.2) is 21.5 Å². The molecule has 0 aliphatic carbocycles. The second-order valence-corrected chi connectivity index (χ2v) is 6.68. The van der Waals surface area contributed by atoms with Crippen LogP contribution >= 0.6 is 15.9 Å². The van der Waals surface area contributed by atoms with Crippen molar-refractivity contribution in [3.05, 3.63) is 28.2 Å². The van der Waals surface area contributed by atoms with Crippen molar-refractivity contribution in [1.29, 1.82) is 0 Å². The molecule has 1 atom stereocenters. The van der Waals surface area contributed by atoms with Gasteiger partial charge in [0.2, 0.25) is 10.0 Å². The molecular formula is C11H12BrF2NO4S. The smallest absolute Gasteiger partial charge is 0.306 e. The first-order valence-electron chi connectivity index (χ1n) is 5.52. The Labute approximate surface area is 123 Å². The zero-order valence-electron chi connectivity index (χ0n) is 10.4. The number of sulfonamides is 1. The molecule has 9 heteroatoms. The highest BCUT2D eigenvalue weighted by atomic mass is 79.9. The normalized spacial score (nSPS) is 13.2. The van der Waals surface area contributed by atoms with Crippen molar-refractivity contribution in [2.75, 3.05) is 6.54 Å². The van der Waals surface area contributed by atoms with Crippen LogP contribution in [0.5, 0.6) is 0 Å². The van der Waals surface area contributed by atoms with Gasteiger partial charge in [0.1, 0.15) is 16.5 Å². The quantitative estimate of drug-likeness (QED) is 0.801. The van der Waals surface area contributed by atoms with Gasteiger partial charge in [-0.05, 0) is 28.4 Å². The molecule has 1 aromatic carbocycles. The lowest BCUT2D eigenvalue weighted by Gasteiger charge is -2.11. The van der Waals surface area contributed by atoms with Crippen LogP contribution < -0.4 is 4.72 Å². The molecule has 5 nitrogen and oxygen atoms in total. The second-order valence-electron chi connectivity index (χ2n) is 4.12. The van der Waals surface area contributed by atoms with Crippen molar-refractivity contribution < 1.29 is 27.1 Å². The van der Waals surface area contributed by atoms with E-state index in [0.717, 1.165) is 6.07 Å². The van der Waals surface area contributed by atoms with E-state index in [2.05, 4.69) is 20.7 Å². The number of carbonyl (C=O) groups is 1. The number of rotatable bonds is 6. The summed E-state index contributed by atoms with van der Waals surface area (Å²) in [5.74, 6) is -3.93. The Morgan fingerprint density at radius 1 is 1.45 bits per heavy atom. The van der Waals surface area contributed by atoms with Crippen LogP contribution in [0.3, 0.4) is 0 Å². The molecule has 1 unspecified atom stereocenters. The van der Waals surface area contributed by atoms with E-state index < -0.39 is 38.4 Å². The monoisotopic (exact) mass is 371 g/mol. The van der Waals surface area contributed by atoms with Gasteiger partial charge in [0, 0.05) is 17.1 Å². The molecule has 2 N–H and O–H groups in total. The van der Waals surface area contributed by atoms with E-state index in [4.69, 9.17) is 5.11 Å². The van der Waals surface area contributed by atoms with Crippen LogP contribution in [0.1, 0.15) is 13.3 Å². The molecule has 0 amide bonds. The Morgan fingerprint density at radius 3 is 2.55 bits per heavy atom. The molecule has 0 bridgehead atoms. The van der Waals surface area contributed by atoms with Crippen molar-refractivity contribution in [2.45, 2.75) is 18.2 Å². The summed E-state index contributed by atoms with van der Waals surface area (Å²) in [6, 6.07) is 1.29. The lowest BCUT2D eigenvalue weighted by atomic mass is 10.1. The lowest BCUT2D eigenvalue weighted by molar-refractivity contribution is -0.141. The summed E-state index contributed by atoms with van der Waals surface area (Å²) in [6.45, 7) is 1.25. The summed E-state index contributed by atoms with van der Waals surface area (Å²) in [6.07, 6.45) is 0.0506. The standard InChI is InChI=1S/C11H12BrF2NO4S/c1-6(11(16)17)2-3-15-20(18,19)10-8(12)4-7(13)5-9(10)14/h4-6,15H,2-3H2,1H3,(H,16,17). The number of carboxylic acids is 1. The average Bonchev–Trinajstić information content (AvgIpc) is 2.26. The van der Waals surface area contributed by atoms with Gasteiger partial charge in [-0.15, -0.1) is 0 Å². The molecule has 0 aromatic heterocycles. The minimum atomic E-state index is -4.19. The highest BCUT2D eigenvalue weighted by molar-refractivity contribution is 9.10. The van der Waals surface area contributed by atoms with E-state index >= 15 is 0 Å². The number of aliphatic carboxylic acids is 1. The largest absolute Gasteiger partial charge is 0.481 e. The van der Waals surface area contributed by atoms with Crippen molar-refractivity contribution in [3.63, 3.8) is 0 Å². The average molecular weight is 372 g/mol. The number of carboxylic acid groups (broad SMARTS) is 1. The topological polar surface area (TPSA) is 83.5 Å². The maximum Gasteiger partial charge on any atom is 0.306 e. The molecule has 0 heterocycles. The number of hydrogen-bond acceptors (Lipinski definition) is 3. The Bertz CT molecular complexity index is 598. The lowest BCUT2D eigenvalue weighted by Crippen LogP contribution is -2.28. The summed E-state index contributed by atoms with van der Waals surface area (Å²) in [7, 11) is -4.19. The Morgan fingerprint density at radius 2 is 2.05 bits per heavy atom. The minimum Gasteiger partial charge on any atom is -0.481 e. The molecule has 1 aromatic rings. The SMILES string of the molecule is CC(CCNS(=O)(=O)c1c(F)cc(F)cc1Br)C(=O)O. The van der Waals surface area contributed by atoms with Crippen LogP contribution in [-0.4, -0.2) is 26.0 Å². The summed E-state index contributed by atoms with van der Waals surface area (Å²) >= 11 is 2.78. The number of hydrogen-bond donors (Lipinski definition) is 2. The van der Waals surface area contributed by atoms with Crippen molar-refractivity contribution in [1.82, 2.24) is 4.72 Å². The molecule has 112 valence electrons. The maximum atomic E-state index is 13.5. The highest BCUT2D eigenvalue weighted by Crippen LogP contribution is 2.26. The summed E-state index contributed by atoms with van der Waals surface area (Å²) in [4.78, 5) is 9.88. The van der Waals surface area contributed by atoms with Gasteiger partial charge in [-0.3, -0.25) is 4.79 Å². The first-order chi connectivity index (χ1) is 9.15. The van der Waals surface area contributed by atoms with Gasteiger partial charge >= 0.3 is 5.97 Å². The predicted molar refractivity (Wildman–Crippen MR) is 70.7 cm³/mol. The molecule has 0 saturated carbocycles. The first kappa shape index (κ1) is 17.0. The van der Waals surface area contributed by atoms with Crippen LogP contribution in [-0.2, 0) is 14.8 Å². The van der Waals surface area contributed by atoms with Gasteiger partial charge in [-0.25, -0.2) is 21.9 Å². The number of nitrogens with one attached hydrogen (secondary N) is 1. The van der Waals surface area contributed by atoms with E-state index in [1.807, 2.05) is 0 Å². The minimum absolute atomic E-state index is 0.0506. The van der Waals surface area contributed by atoms with E-state index in [9.17, 15) is 22.0 Å². The van der Waals surface area contributed by atoms with Gasteiger partial charge in [0.15, 0.2) is 0 Å². The van der Waals surface area contributed by atoms with E-state index in [1.165, 1.54) is 6.92 Å². The van der Waals surface area contributed by atoms with Gasteiger partial charge in [0.25, 0.3) is 0 Å². The molecule has 0 aliphatic rings. The Balaban J connectivity index is 2.88. The summed E-state index contributed by atoms with van der Waals surface area (Å²) in [5, 5.41) is 8.66. The van der Waals surface area contributed by atoms with Crippen molar-refractivity contribution in [3.8, 4) is 0 Å². The molecular weight excluding hydrogens is 360 g/mol. The highest BCUT2D eigenvalue weighted by Gasteiger charge is 2.23. The first-order valence-corrected chi connectivity index (χ1v) is 7.79. The third-order valence-corrected chi connectivity index (χ3v) is 4.95. The second kappa shape index (κ2) is 6.59. The van der Waals surface area contributed by atoms with Gasteiger partial charge in [-0.2, -0.15) is 0 Å². The maximum absolute atomic E-state index is 13.5. The summed E-state index contributed by atoms with van der Waals surface area (Å²) in [5.41, 5.74) is 0. The molecule has 0 aliphatic heterocycles. The summed E-state index contributed by atoms with van der Waals surface area (Å²) < 4.78 is 52.0. The van der Waals surface area contributed by atoms with Crippen molar-refractivity contribution >= 4 is 31.9 Å². The molecule has 20 heavy (non-hydrogen) atoms. The predicted octanol–water partition coefficient (Wildman–Crippen LogP) is 2.12. The number of benzene rings is 1. The molecule has 0 saturated heterocycles. The fourth-order valence-corrected chi connectivity index (χ4v) is 3.60.